The number of nitrogen functional groups attached to an aromatic ring is 1. The minimum atomic E-state index is -0.0937. The van der Waals surface area contributed by atoms with Crippen LogP contribution < -0.4 is 15.8 Å². The van der Waals surface area contributed by atoms with Gasteiger partial charge in [0.1, 0.15) is 0 Å². The van der Waals surface area contributed by atoms with Gasteiger partial charge in [0.25, 0.3) is 0 Å². The van der Waals surface area contributed by atoms with Crippen molar-refractivity contribution in [3.8, 4) is 5.88 Å². The molecule has 1 atom stereocenters. The normalized spacial score (nSPS) is 22.5. The molecule has 2 heterocycles. The summed E-state index contributed by atoms with van der Waals surface area (Å²) in [7, 11) is 1.60. The molecule has 1 aromatic rings. The number of methoxy groups -OCH3 is 1. The molecule has 0 bridgehead atoms. The van der Waals surface area contributed by atoms with Crippen LogP contribution in [0, 0.1) is 0 Å². The Labute approximate surface area is 108 Å². The molecule has 2 rings (SSSR count). The number of rotatable bonds is 3. The summed E-state index contributed by atoms with van der Waals surface area (Å²) in [4.78, 5) is 4.33. The van der Waals surface area contributed by atoms with E-state index < -0.39 is 0 Å². The quantitative estimate of drug-likeness (QED) is 0.860. The van der Waals surface area contributed by atoms with Crippen LogP contribution in [0.25, 0.3) is 0 Å². The molecule has 1 fully saturated rings. The molecular weight excluding hydrogens is 230 g/mol. The second-order valence-corrected chi connectivity index (χ2v) is 5.23. The summed E-state index contributed by atoms with van der Waals surface area (Å²) in [6.45, 7) is 4.96. The van der Waals surface area contributed by atoms with E-state index in [0.29, 0.717) is 23.4 Å². The first-order valence-corrected chi connectivity index (χ1v) is 6.21. The molecule has 1 unspecified atom stereocenters. The van der Waals surface area contributed by atoms with E-state index in [2.05, 4.69) is 24.1 Å². The molecule has 0 aliphatic carbocycles. The highest BCUT2D eigenvalue weighted by molar-refractivity contribution is 5.62. The predicted molar refractivity (Wildman–Crippen MR) is 71.9 cm³/mol. The molecule has 1 saturated heterocycles. The van der Waals surface area contributed by atoms with Crippen molar-refractivity contribution in [2.75, 3.05) is 24.8 Å². The fourth-order valence-electron chi connectivity index (χ4n) is 2.23. The molecule has 5 nitrogen and oxygen atoms in total. The maximum absolute atomic E-state index is 5.92. The third kappa shape index (κ3) is 3.04. The van der Waals surface area contributed by atoms with E-state index in [9.17, 15) is 0 Å². The third-order valence-corrected chi connectivity index (χ3v) is 3.15. The smallest absolute Gasteiger partial charge is 0.215 e. The summed E-state index contributed by atoms with van der Waals surface area (Å²) < 4.78 is 10.8. The lowest BCUT2D eigenvalue weighted by atomic mass is 9.94. The molecule has 100 valence electrons. The Morgan fingerprint density at radius 3 is 2.94 bits per heavy atom. The molecule has 1 aliphatic heterocycles. The van der Waals surface area contributed by atoms with E-state index in [1.807, 2.05) is 0 Å². The van der Waals surface area contributed by atoms with Gasteiger partial charge in [-0.05, 0) is 32.8 Å². The lowest BCUT2D eigenvalue weighted by molar-refractivity contribution is -0.0553. The van der Waals surface area contributed by atoms with E-state index in [0.717, 1.165) is 19.4 Å². The highest BCUT2D eigenvalue weighted by atomic mass is 16.5. The summed E-state index contributed by atoms with van der Waals surface area (Å²) in [5.41, 5.74) is 6.46. The first-order chi connectivity index (χ1) is 8.50. The number of nitrogens with zero attached hydrogens (tertiary/aromatic N) is 1. The second kappa shape index (κ2) is 5.02. The van der Waals surface area contributed by atoms with Crippen LogP contribution in [0.1, 0.15) is 26.7 Å². The number of hydrogen-bond acceptors (Lipinski definition) is 5. The van der Waals surface area contributed by atoms with E-state index in [1.165, 1.54) is 0 Å². The van der Waals surface area contributed by atoms with Gasteiger partial charge >= 0.3 is 0 Å². The summed E-state index contributed by atoms with van der Waals surface area (Å²) in [5, 5.41) is 3.38. The van der Waals surface area contributed by atoms with Gasteiger partial charge in [-0.15, -0.1) is 0 Å². The Hall–Kier alpha value is -1.49. The Morgan fingerprint density at radius 1 is 1.50 bits per heavy atom. The average Bonchev–Trinajstić information content (AvgIpc) is 2.31. The first kappa shape index (κ1) is 13.0. The Morgan fingerprint density at radius 2 is 2.28 bits per heavy atom. The van der Waals surface area contributed by atoms with Gasteiger partial charge in [0, 0.05) is 18.7 Å². The number of pyridine rings is 1. The van der Waals surface area contributed by atoms with Gasteiger partial charge in [-0.2, -0.15) is 4.98 Å². The van der Waals surface area contributed by atoms with Crippen LogP contribution in [0.15, 0.2) is 12.1 Å². The number of anilines is 2. The fraction of sp³-hybridized carbons (Fsp3) is 0.615. The minimum absolute atomic E-state index is 0.0937. The number of aromatic nitrogens is 1. The van der Waals surface area contributed by atoms with Crippen LogP contribution in [-0.2, 0) is 4.74 Å². The molecule has 5 heteroatoms. The summed E-state index contributed by atoms with van der Waals surface area (Å²) in [5.74, 6) is 1.26. The van der Waals surface area contributed by atoms with Crippen molar-refractivity contribution in [3.05, 3.63) is 12.1 Å². The van der Waals surface area contributed by atoms with Crippen LogP contribution in [0.2, 0.25) is 0 Å². The number of nitrogens with one attached hydrogen (secondary N) is 1. The SMILES string of the molecule is COc1ccc(N)c(NC2CCOC(C)(C)C2)n1. The van der Waals surface area contributed by atoms with Crippen molar-refractivity contribution >= 4 is 11.5 Å². The monoisotopic (exact) mass is 251 g/mol. The second-order valence-electron chi connectivity index (χ2n) is 5.23. The predicted octanol–water partition coefficient (Wildman–Crippen LogP) is 2.04. The zero-order valence-electron chi connectivity index (χ0n) is 11.2. The topological polar surface area (TPSA) is 69.4 Å². The van der Waals surface area contributed by atoms with Crippen molar-refractivity contribution in [2.24, 2.45) is 0 Å². The maximum atomic E-state index is 5.92. The molecular formula is C13H21N3O2. The van der Waals surface area contributed by atoms with Crippen molar-refractivity contribution in [1.82, 2.24) is 4.98 Å². The molecule has 0 aromatic carbocycles. The number of nitrogens with two attached hydrogens (primary N) is 1. The van der Waals surface area contributed by atoms with Crippen LogP contribution in [0.5, 0.6) is 5.88 Å². The summed E-state index contributed by atoms with van der Waals surface area (Å²) >= 11 is 0. The lowest BCUT2D eigenvalue weighted by Crippen LogP contribution is -2.40. The van der Waals surface area contributed by atoms with Crippen LogP contribution >= 0.6 is 0 Å². The highest BCUT2D eigenvalue weighted by Gasteiger charge is 2.29. The number of ether oxygens (including phenoxy) is 2. The van der Waals surface area contributed by atoms with Gasteiger partial charge in [-0.3, -0.25) is 0 Å². The van der Waals surface area contributed by atoms with Gasteiger partial charge in [0.15, 0.2) is 5.82 Å². The van der Waals surface area contributed by atoms with Crippen LogP contribution in [0.4, 0.5) is 11.5 Å². The number of hydrogen-bond donors (Lipinski definition) is 2. The van der Waals surface area contributed by atoms with Crippen LogP contribution in [-0.4, -0.2) is 30.3 Å². The molecule has 0 spiro atoms. The lowest BCUT2D eigenvalue weighted by Gasteiger charge is -2.36. The highest BCUT2D eigenvalue weighted by Crippen LogP contribution is 2.28. The molecule has 18 heavy (non-hydrogen) atoms. The van der Waals surface area contributed by atoms with Crippen molar-refractivity contribution in [3.63, 3.8) is 0 Å². The standard InChI is InChI=1S/C13H21N3O2/c1-13(2)8-9(6-7-18-13)15-12-10(14)4-5-11(16-12)17-3/h4-5,9H,6-8,14H2,1-3H3,(H,15,16). The Bertz CT molecular complexity index is 421. The maximum Gasteiger partial charge on any atom is 0.215 e. The summed E-state index contributed by atoms with van der Waals surface area (Å²) in [6, 6.07) is 3.89. The van der Waals surface area contributed by atoms with Gasteiger partial charge in [0.2, 0.25) is 5.88 Å². The zero-order chi connectivity index (χ0) is 13.2. The van der Waals surface area contributed by atoms with Crippen molar-refractivity contribution in [2.45, 2.75) is 38.3 Å². The van der Waals surface area contributed by atoms with Gasteiger partial charge in [-0.25, -0.2) is 0 Å². The fourth-order valence-corrected chi connectivity index (χ4v) is 2.23. The van der Waals surface area contributed by atoms with Gasteiger partial charge in [-0.1, -0.05) is 0 Å². The molecule has 1 aliphatic rings. The van der Waals surface area contributed by atoms with Crippen molar-refractivity contribution < 1.29 is 9.47 Å². The average molecular weight is 251 g/mol. The Kier molecular flexibility index (Phi) is 3.61. The largest absolute Gasteiger partial charge is 0.481 e. The van der Waals surface area contributed by atoms with Gasteiger partial charge < -0.3 is 20.5 Å². The third-order valence-electron chi connectivity index (χ3n) is 3.15. The van der Waals surface area contributed by atoms with E-state index >= 15 is 0 Å². The van der Waals surface area contributed by atoms with Gasteiger partial charge in [0.05, 0.1) is 18.4 Å². The molecule has 0 saturated carbocycles. The minimum Gasteiger partial charge on any atom is -0.481 e. The first-order valence-electron chi connectivity index (χ1n) is 6.21. The summed E-state index contributed by atoms with van der Waals surface area (Å²) in [6.07, 6.45) is 1.90. The Balaban J connectivity index is 2.09. The molecule has 0 amide bonds. The molecule has 1 aromatic heterocycles. The van der Waals surface area contributed by atoms with E-state index in [1.54, 1.807) is 19.2 Å². The molecule has 0 radical (unpaired) electrons. The zero-order valence-corrected chi connectivity index (χ0v) is 11.2. The van der Waals surface area contributed by atoms with Crippen molar-refractivity contribution in [1.29, 1.82) is 0 Å². The van der Waals surface area contributed by atoms with E-state index in [4.69, 9.17) is 15.2 Å². The van der Waals surface area contributed by atoms with Crippen LogP contribution in [0.3, 0.4) is 0 Å². The van der Waals surface area contributed by atoms with E-state index in [-0.39, 0.29) is 5.60 Å². The molecule has 3 N–H and O–H groups in total.